The van der Waals surface area contributed by atoms with E-state index in [1.165, 1.54) is 17.8 Å². The first-order valence-corrected chi connectivity index (χ1v) is 9.74. The molecule has 0 bridgehead atoms. The van der Waals surface area contributed by atoms with Gasteiger partial charge < -0.3 is 10.6 Å². The fourth-order valence-corrected chi connectivity index (χ4v) is 4.88. The number of nitrogens with two attached hydrogens (primary N) is 1. The van der Waals surface area contributed by atoms with Crippen LogP contribution in [0.3, 0.4) is 0 Å². The Morgan fingerprint density at radius 2 is 2.04 bits per heavy atom. The molecule has 1 fully saturated rings. The molecule has 0 aliphatic carbocycles. The van der Waals surface area contributed by atoms with Gasteiger partial charge in [0.15, 0.2) is 5.82 Å². The van der Waals surface area contributed by atoms with Crippen LogP contribution >= 0.6 is 22.7 Å². The van der Waals surface area contributed by atoms with E-state index in [0.717, 1.165) is 46.7 Å². The summed E-state index contributed by atoms with van der Waals surface area (Å²) in [4.78, 5) is 26.4. The van der Waals surface area contributed by atoms with Crippen LogP contribution in [0.4, 0.5) is 5.69 Å². The van der Waals surface area contributed by atoms with Crippen molar-refractivity contribution in [2.24, 2.45) is 0 Å². The quantitative estimate of drug-likeness (QED) is 0.753. The fourth-order valence-electron chi connectivity index (χ4n) is 3.11. The highest BCUT2D eigenvalue weighted by atomic mass is 32.1. The van der Waals surface area contributed by atoms with Gasteiger partial charge in [-0.15, -0.1) is 22.7 Å². The Balaban J connectivity index is 1.79. The molecule has 5 nitrogen and oxygen atoms in total. The Morgan fingerprint density at radius 3 is 2.75 bits per heavy atom. The number of hydrogen-bond acceptors (Lipinski definition) is 6. The molecule has 4 heterocycles. The molecule has 1 aliphatic rings. The van der Waals surface area contributed by atoms with Crippen molar-refractivity contribution in [1.82, 2.24) is 14.9 Å². The van der Waals surface area contributed by atoms with E-state index < -0.39 is 0 Å². The van der Waals surface area contributed by atoms with Crippen molar-refractivity contribution in [3.63, 3.8) is 0 Å². The zero-order valence-corrected chi connectivity index (χ0v) is 15.0. The van der Waals surface area contributed by atoms with Crippen LogP contribution in [-0.2, 0) is 0 Å². The van der Waals surface area contributed by atoms with E-state index in [-0.39, 0.29) is 5.91 Å². The minimum atomic E-state index is 0.0345. The Hall–Kier alpha value is -1.99. The van der Waals surface area contributed by atoms with Crippen molar-refractivity contribution in [2.75, 3.05) is 18.8 Å². The number of nitrogens with zero attached hydrogens (tertiary/aromatic N) is 3. The molecule has 1 amide bonds. The van der Waals surface area contributed by atoms with E-state index in [0.29, 0.717) is 16.4 Å². The highest BCUT2D eigenvalue weighted by Crippen LogP contribution is 2.37. The van der Waals surface area contributed by atoms with Crippen molar-refractivity contribution in [2.45, 2.75) is 26.2 Å². The van der Waals surface area contributed by atoms with Crippen LogP contribution in [0.2, 0.25) is 0 Å². The molecule has 1 aliphatic heterocycles. The Morgan fingerprint density at radius 1 is 1.25 bits per heavy atom. The van der Waals surface area contributed by atoms with E-state index in [1.807, 2.05) is 29.3 Å². The lowest BCUT2D eigenvalue weighted by molar-refractivity contribution is 0.0730. The van der Waals surface area contributed by atoms with Crippen LogP contribution in [0, 0.1) is 6.92 Å². The van der Waals surface area contributed by atoms with Crippen LogP contribution in [0.5, 0.6) is 0 Å². The number of piperidine rings is 1. The third-order valence-corrected chi connectivity index (χ3v) is 6.30. The molecule has 0 unspecified atom stereocenters. The topological polar surface area (TPSA) is 72.1 Å². The number of nitrogen functional groups attached to an aromatic ring is 1. The second-order valence-corrected chi connectivity index (χ2v) is 7.93. The third-order valence-electron chi connectivity index (χ3n) is 4.35. The molecule has 3 aromatic rings. The first-order chi connectivity index (χ1) is 11.6. The van der Waals surface area contributed by atoms with E-state index in [2.05, 4.69) is 9.97 Å². The predicted molar refractivity (Wildman–Crippen MR) is 99.6 cm³/mol. The first kappa shape index (κ1) is 15.5. The number of fused-ring (bicyclic) bond motifs is 1. The maximum atomic E-state index is 12.8. The standard InChI is InChI=1S/C17H18N4OS2/c1-10-12-13(18)14(17(22)21-7-3-2-4-8-21)24-16(12)20-15(19-10)11-6-5-9-23-11/h5-6,9H,2-4,7-8,18H2,1H3. The number of likely N-dealkylation sites (tertiary alicyclic amines) is 1. The average Bonchev–Trinajstić information content (AvgIpc) is 3.23. The van der Waals surface area contributed by atoms with Crippen molar-refractivity contribution >= 4 is 44.5 Å². The molecular formula is C17H18N4OS2. The molecule has 0 radical (unpaired) electrons. The SMILES string of the molecule is Cc1nc(-c2cccs2)nc2sc(C(=O)N3CCCCC3)c(N)c12. The number of rotatable bonds is 2. The molecule has 1 saturated heterocycles. The lowest BCUT2D eigenvalue weighted by Gasteiger charge is -2.26. The summed E-state index contributed by atoms with van der Waals surface area (Å²) in [7, 11) is 0. The Labute approximate surface area is 148 Å². The van der Waals surface area contributed by atoms with Gasteiger partial charge in [0.25, 0.3) is 5.91 Å². The van der Waals surface area contributed by atoms with Crippen LogP contribution in [0.1, 0.15) is 34.6 Å². The van der Waals surface area contributed by atoms with Crippen molar-refractivity contribution in [3.05, 3.63) is 28.1 Å². The zero-order valence-electron chi connectivity index (χ0n) is 13.4. The molecule has 24 heavy (non-hydrogen) atoms. The minimum absolute atomic E-state index is 0.0345. The summed E-state index contributed by atoms with van der Waals surface area (Å²) in [6.07, 6.45) is 3.33. The normalized spacial score (nSPS) is 15.1. The second kappa shape index (κ2) is 6.14. The van der Waals surface area contributed by atoms with Gasteiger partial charge in [0.05, 0.1) is 21.6 Å². The number of carbonyl (C=O) groups is 1. The van der Waals surface area contributed by atoms with Gasteiger partial charge in [-0.2, -0.15) is 0 Å². The largest absolute Gasteiger partial charge is 0.397 e. The van der Waals surface area contributed by atoms with E-state index in [1.54, 1.807) is 11.3 Å². The van der Waals surface area contributed by atoms with Crippen molar-refractivity contribution in [3.8, 4) is 10.7 Å². The number of aryl methyl sites for hydroxylation is 1. The molecule has 0 aromatic carbocycles. The van der Waals surface area contributed by atoms with Gasteiger partial charge in [0, 0.05) is 13.1 Å². The molecule has 124 valence electrons. The lowest BCUT2D eigenvalue weighted by atomic mass is 10.1. The minimum Gasteiger partial charge on any atom is -0.397 e. The summed E-state index contributed by atoms with van der Waals surface area (Å²) in [6, 6.07) is 3.99. The fraction of sp³-hybridized carbons (Fsp3) is 0.353. The van der Waals surface area contributed by atoms with Crippen LogP contribution in [-0.4, -0.2) is 33.9 Å². The number of anilines is 1. The van der Waals surface area contributed by atoms with E-state index >= 15 is 0 Å². The van der Waals surface area contributed by atoms with Gasteiger partial charge in [0.2, 0.25) is 0 Å². The van der Waals surface area contributed by atoms with Crippen molar-refractivity contribution in [1.29, 1.82) is 0 Å². The Bertz CT molecular complexity index is 895. The average molecular weight is 358 g/mol. The maximum absolute atomic E-state index is 12.8. The van der Waals surface area contributed by atoms with Gasteiger partial charge >= 0.3 is 0 Å². The maximum Gasteiger partial charge on any atom is 0.266 e. The first-order valence-electron chi connectivity index (χ1n) is 8.05. The van der Waals surface area contributed by atoms with Crippen LogP contribution < -0.4 is 5.73 Å². The molecule has 0 spiro atoms. The molecule has 7 heteroatoms. The summed E-state index contributed by atoms with van der Waals surface area (Å²) >= 11 is 3.00. The molecule has 0 atom stereocenters. The summed E-state index contributed by atoms with van der Waals surface area (Å²) in [5.74, 6) is 0.737. The smallest absolute Gasteiger partial charge is 0.266 e. The summed E-state index contributed by atoms with van der Waals surface area (Å²) in [5.41, 5.74) is 7.66. The summed E-state index contributed by atoms with van der Waals surface area (Å²) in [6.45, 7) is 3.56. The number of thiophene rings is 2. The predicted octanol–water partition coefficient (Wildman–Crippen LogP) is 3.94. The number of carbonyl (C=O) groups excluding carboxylic acids is 1. The number of aromatic nitrogens is 2. The molecule has 3 aromatic heterocycles. The van der Waals surface area contributed by atoms with Gasteiger partial charge in [0.1, 0.15) is 9.71 Å². The van der Waals surface area contributed by atoms with E-state index in [9.17, 15) is 4.79 Å². The van der Waals surface area contributed by atoms with Gasteiger partial charge in [-0.1, -0.05) is 6.07 Å². The molecule has 4 rings (SSSR count). The monoisotopic (exact) mass is 358 g/mol. The highest BCUT2D eigenvalue weighted by Gasteiger charge is 2.25. The highest BCUT2D eigenvalue weighted by molar-refractivity contribution is 7.21. The van der Waals surface area contributed by atoms with Gasteiger partial charge in [-0.05, 0) is 37.6 Å². The number of hydrogen-bond donors (Lipinski definition) is 1. The van der Waals surface area contributed by atoms with Crippen LogP contribution in [0.25, 0.3) is 20.9 Å². The number of amides is 1. The van der Waals surface area contributed by atoms with Gasteiger partial charge in [-0.25, -0.2) is 9.97 Å². The molecule has 0 saturated carbocycles. The van der Waals surface area contributed by atoms with Crippen LogP contribution in [0.15, 0.2) is 17.5 Å². The lowest BCUT2D eigenvalue weighted by Crippen LogP contribution is -2.35. The summed E-state index contributed by atoms with van der Waals surface area (Å²) < 4.78 is 0. The second-order valence-electron chi connectivity index (χ2n) is 5.99. The molecular weight excluding hydrogens is 340 g/mol. The van der Waals surface area contributed by atoms with Gasteiger partial charge in [-0.3, -0.25) is 4.79 Å². The van der Waals surface area contributed by atoms with Crippen molar-refractivity contribution < 1.29 is 4.79 Å². The Kier molecular flexibility index (Phi) is 3.97. The third kappa shape index (κ3) is 2.57. The molecule has 2 N–H and O–H groups in total. The zero-order chi connectivity index (χ0) is 16.7. The van der Waals surface area contributed by atoms with E-state index in [4.69, 9.17) is 5.73 Å². The summed E-state index contributed by atoms with van der Waals surface area (Å²) in [5, 5.41) is 2.83.